The van der Waals surface area contributed by atoms with Crippen LogP contribution < -0.4 is 14.7 Å². The summed E-state index contributed by atoms with van der Waals surface area (Å²) in [5.74, 6) is 2.49. The summed E-state index contributed by atoms with van der Waals surface area (Å²) in [5.41, 5.74) is 0.486. The van der Waals surface area contributed by atoms with E-state index in [0.29, 0.717) is 23.9 Å². The highest BCUT2D eigenvalue weighted by Crippen LogP contribution is 2.37. The van der Waals surface area contributed by atoms with Crippen LogP contribution in [-0.4, -0.2) is 59.7 Å². The summed E-state index contributed by atoms with van der Waals surface area (Å²) in [5, 5.41) is 0. The van der Waals surface area contributed by atoms with Gasteiger partial charge in [0.2, 0.25) is 0 Å². The summed E-state index contributed by atoms with van der Waals surface area (Å²) in [6.07, 6.45) is 7.65. The van der Waals surface area contributed by atoms with E-state index in [9.17, 15) is 4.39 Å². The lowest BCUT2D eigenvalue weighted by molar-refractivity contribution is 0.386. The minimum Gasteiger partial charge on any atom is -0.360 e. The van der Waals surface area contributed by atoms with Crippen LogP contribution in [0, 0.1) is 11.7 Å². The first-order chi connectivity index (χ1) is 13.1. The van der Waals surface area contributed by atoms with E-state index in [4.69, 9.17) is 0 Å². The zero-order valence-electron chi connectivity index (χ0n) is 16.1. The van der Waals surface area contributed by atoms with Gasteiger partial charge in [-0.2, -0.15) is 0 Å². The fourth-order valence-electron chi connectivity index (χ4n) is 4.30. The number of aromatic nitrogens is 4. The van der Waals surface area contributed by atoms with Crippen molar-refractivity contribution in [3.63, 3.8) is 0 Å². The summed E-state index contributed by atoms with van der Waals surface area (Å²) < 4.78 is 14.9. The predicted molar refractivity (Wildman–Crippen MR) is 104 cm³/mol. The van der Waals surface area contributed by atoms with Gasteiger partial charge < -0.3 is 14.7 Å². The van der Waals surface area contributed by atoms with E-state index in [-0.39, 0.29) is 11.9 Å². The predicted octanol–water partition coefficient (Wildman–Crippen LogP) is 2.14. The van der Waals surface area contributed by atoms with E-state index in [1.165, 1.54) is 6.33 Å². The molecule has 0 saturated carbocycles. The van der Waals surface area contributed by atoms with Crippen LogP contribution >= 0.6 is 0 Å². The van der Waals surface area contributed by atoms with Crippen LogP contribution in [0.5, 0.6) is 0 Å². The molecule has 8 heteroatoms. The minimum atomic E-state index is -0.272. The van der Waals surface area contributed by atoms with Crippen LogP contribution in [-0.2, 0) is 6.42 Å². The molecule has 0 aliphatic carbocycles. The second-order valence-corrected chi connectivity index (χ2v) is 7.45. The van der Waals surface area contributed by atoms with Gasteiger partial charge in [0.15, 0.2) is 23.3 Å². The van der Waals surface area contributed by atoms with Crippen molar-refractivity contribution in [2.24, 2.45) is 5.92 Å². The number of hydrogen-bond donors (Lipinski definition) is 0. The van der Waals surface area contributed by atoms with Crippen molar-refractivity contribution in [3.05, 3.63) is 30.2 Å². The standard InChI is InChI=1S/C19H26FN7/c1-4-14-16(20)17(24-12-23-14)27-10-6-13-5-9-26(11-15(13)27)19-18(25(2)3)21-7-8-22-19/h7-8,12-13,15H,4-6,9-11H2,1-3H3. The maximum absolute atomic E-state index is 14.9. The molecule has 4 heterocycles. The molecule has 0 amide bonds. The molecule has 0 N–H and O–H groups in total. The van der Waals surface area contributed by atoms with E-state index < -0.39 is 0 Å². The maximum Gasteiger partial charge on any atom is 0.187 e. The van der Waals surface area contributed by atoms with Crippen LogP contribution in [0.3, 0.4) is 0 Å². The number of halogens is 1. The van der Waals surface area contributed by atoms with Gasteiger partial charge in [-0.3, -0.25) is 0 Å². The first kappa shape index (κ1) is 17.9. The van der Waals surface area contributed by atoms with Gasteiger partial charge in [0.05, 0.1) is 11.7 Å². The minimum absolute atomic E-state index is 0.227. The monoisotopic (exact) mass is 371 g/mol. The van der Waals surface area contributed by atoms with Gasteiger partial charge in [0.25, 0.3) is 0 Å². The van der Waals surface area contributed by atoms with Crippen molar-refractivity contribution in [1.82, 2.24) is 19.9 Å². The highest BCUT2D eigenvalue weighted by atomic mass is 19.1. The second kappa shape index (κ2) is 7.25. The van der Waals surface area contributed by atoms with E-state index in [1.54, 1.807) is 12.4 Å². The van der Waals surface area contributed by atoms with Gasteiger partial charge in [0.1, 0.15) is 6.33 Å². The normalized spacial score (nSPS) is 22.1. The Labute approximate surface area is 159 Å². The smallest absolute Gasteiger partial charge is 0.187 e. The van der Waals surface area contributed by atoms with Crippen LogP contribution in [0.15, 0.2) is 18.7 Å². The zero-order valence-corrected chi connectivity index (χ0v) is 16.1. The molecule has 0 spiro atoms. The molecular formula is C19H26FN7. The number of hydrogen-bond acceptors (Lipinski definition) is 7. The molecule has 2 aliphatic heterocycles. The lowest BCUT2D eigenvalue weighted by Crippen LogP contribution is -2.49. The molecule has 4 rings (SSSR count). The number of aryl methyl sites for hydroxylation is 1. The fraction of sp³-hybridized carbons (Fsp3) is 0.579. The van der Waals surface area contributed by atoms with Crippen molar-refractivity contribution >= 4 is 17.5 Å². The Balaban J connectivity index is 1.62. The van der Waals surface area contributed by atoms with Crippen LogP contribution in [0.4, 0.5) is 21.8 Å². The number of fused-ring (bicyclic) bond motifs is 1. The van der Waals surface area contributed by atoms with Crippen molar-refractivity contribution in [2.45, 2.75) is 32.2 Å². The van der Waals surface area contributed by atoms with Gasteiger partial charge in [-0.15, -0.1) is 0 Å². The van der Waals surface area contributed by atoms with Gasteiger partial charge in [0, 0.05) is 46.1 Å². The van der Waals surface area contributed by atoms with Gasteiger partial charge in [-0.05, 0) is 25.2 Å². The quantitative estimate of drug-likeness (QED) is 0.816. The van der Waals surface area contributed by atoms with E-state index in [2.05, 4.69) is 29.7 Å². The fourth-order valence-corrected chi connectivity index (χ4v) is 4.30. The summed E-state index contributed by atoms with van der Waals surface area (Å²) in [6.45, 7) is 4.50. The third-order valence-corrected chi connectivity index (χ3v) is 5.70. The molecule has 144 valence electrons. The number of rotatable bonds is 4. The molecule has 2 atom stereocenters. The molecule has 2 fully saturated rings. The molecule has 0 bridgehead atoms. The largest absolute Gasteiger partial charge is 0.360 e. The Morgan fingerprint density at radius 3 is 2.63 bits per heavy atom. The molecule has 0 radical (unpaired) electrons. The maximum atomic E-state index is 14.9. The van der Waals surface area contributed by atoms with Crippen LogP contribution in [0.2, 0.25) is 0 Å². The third kappa shape index (κ3) is 3.17. The van der Waals surface area contributed by atoms with Crippen LogP contribution in [0.1, 0.15) is 25.5 Å². The molecule has 2 aromatic heterocycles. The Morgan fingerprint density at radius 2 is 1.85 bits per heavy atom. The SMILES string of the molecule is CCc1ncnc(N2CCC3CCN(c4nccnc4N(C)C)CC32)c1F. The average Bonchev–Trinajstić information content (AvgIpc) is 3.11. The summed E-state index contributed by atoms with van der Waals surface area (Å²) in [7, 11) is 3.95. The van der Waals surface area contributed by atoms with Crippen LogP contribution in [0.25, 0.3) is 0 Å². The molecule has 2 aromatic rings. The number of piperidine rings is 1. The zero-order chi connectivity index (χ0) is 19.0. The lowest BCUT2D eigenvalue weighted by atomic mass is 9.92. The first-order valence-corrected chi connectivity index (χ1v) is 9.59. The van der Waals surface area contributed by atoms with E-state index in [1.807, 2.05) is 25.9 Å². The lowest BCUT2D eigenvalue weighted by Gasteiger charge is -2.40. The van der Waals surface area contributed by atoms with Gasteiger partial charge >= 0.3 is 0 Å². The Morgan fingerprint density at radius 1 is 1.07 bits per heavy atom. The van der Waals surface area contributed by atoms with E-state index >= 15 is 0 Å². The molecule has 2 aliphatic rings. The highest BCUT2D eigenvalue weighted by Gasteiger charge is 2.41. The topological polar surface area (TPSA) is 61.3 Å². The van der Waals surface area contributed by atoms with Crippen molar-refractivity contribution in [3.8, 4) is 0 Å². The van der Waals surface area contributed by atoms with Crippen molar-refractivity contribution in [2.75, 3.05) is 48.4 Å². The molecule has 2 unspecified atom stereocenters. The van der Waals surface area contributed by atoms with Crippen molar-refractivity contribution < 1.29 is 4.39 Å². The van der Waals surface area contributed by atoms with Gasteiger partial charge in [-0.1, -0.05) is 6.92 Å². The second-order valence-electron chi connectivity index (χ2n) is 7.45. The Kier molecular flexibility index (Phi) is 4.80. The number of anilines is 3. The summed E-state index contributed by atoms with van der Waals surface area (Å²) >= 11 is 0. The van der Waals surface area contributed by atoms with Crippen molar-refractivity contribution in [1.29, 1.82) is 0 Å². The molecule has 27 heavy (non-hydrogen) atoms. The third-order valence-electron chi connectivity index (χ3n) is 5.70. The van der Waals surface area contributed by atoms with E-state index in [0.717, 1.165) is 44.1 Å². The molecule has 7 nitrogen and oxygen atoms in total. The number of nitrogens with zero attached hydrogens (tertiary/aromatic N) is 7. The Hall–Kier alpha value is -2.51. The highest BCUT2D eigenvalue weighted by molar-refractivity contribution is 5.62. The molecule has 0 aromatic carbocycles. The molecule has 2 saturated heterocycles. The first-order valence-electron chi connectivity index (χ1n) is 9.59. The van der Waals surface area contributed by atoms with Gasteiger partial charge in [-0.25, -0.2) is 24.3 Å². The average molecular weight is 371 g/mol. The summed E-state index contributed by atoms with van der Waals surface area (Å²) in [4.78, 5) is 23.8. The molecular weight excluding hydrogens is 345 g/mol. The Bertz CT molecular complexity index is 812. The summed E-state index contributed by atoms with van der Waals surface area (Å²) in [6, 6.07) is 0.227.